The number of thioether (sulfide) groups is 1. The Bertz CT molecular complexity index is 724. The molecule has 0 aromatic carbocycles. The summed E-state index contributed by atoms with van der Waals surface area (Å²) < 4.78 is 0. The molecule has 2 N–H and O–H groups in total. The maximum absolute atomic E-state index is 12.7. The number of amides is 1. The van der Waals surface area contributed by atoms with Crippen molar-refractivity contribution in [3.63, 3.8) is 0 Å². The molecule has 0 bridgehead atoms. The third-order valence-electron chi connectivity index (χ3n) is 5.92. The van der Waals surface area contributed by atoms with Gasteiger partial charge in [-0.05, 0) is 31.4 Å². The minimum Gasteiger partial charge on any atom is -0.357 e. The number of pyridine rings is 1. The monoisotopic (exact) mass is 544 g/mol. The Kier molecular flexibility index (Phi) is 15.0. The van der Waals surface area contributed by atoms with Crippen molar-refractivity contribution >= 4 is 73.1 Å². The van der Waals surface area contributed by atoms with E-state index in [1.165, 1.54) is 0 Å². The summed E-state index contributed by atoms with van der Waals surface area (Å²) in [5.41, 5.74) is 0.599. The third kappa shape index (κ3) is 7.98. The number of carbonyl (C=O) groups excluding carboxylic acids is 1. The molecular formula is C20H32Cl4N6OS. The first-order valence-electron chi connectivity index (χ1n) is 10.2. The highest BCUT2D eigenvalue weighted by atomic mass is 35.5. The molecule has 182 valence electrons. The number of anilines is 1. The number of nitriles is 1. The van der Waals surface area contributed by atoms with E-state index in [2.05, 4.69) is 26.6 Å². The summed E-state index contributed by atoms with van der Waals surface area (Å²) in [6, 6.07) is 6.71. The number of piperidine rings is 1. The SMILES string of the molecule is Cl.Cl.Cl.Cl.N#Cc1ccc(N2CCC(N[C@@H]3CN[C@H](C(=O)N4CCSCC4)C3)CC2)nc1. The lowest BCUT2D eigenvalue weighted by Crippen LogP contribution is -2.47. The molecule has 3 aliphatic heterocycles. The predicted molar refractivity (Wildman–Crippen MR) is 140 cm³/mol. The van der Waals surface area contributed by atoms with E-state index in [1.54, 1.807) is 6.20 Å². The van der Waals surface area contributed by atoms with Crippen LogP contribution < -0.4 is 15.5 Å². The molecule has 0 unspecified atom stereocenters. The average Bonchev–Trinajstić information content (AvgIpc) is 3.23. The number of halogens is 4. The van der Waals surface area contributed by atoms with E-state index in [-0.39, 0.29) is 61.6 Å². The molecular weight excluding hydrogens is 514 g/mol. The lowest BCUT2D eigenvalue weighted by atomic mass is 10.0. The molecule has 3 saturated heterocycles. The zero-order valence-corrected chi connectivity index (χ0v) is 21.9. The van der Waals surface area contributed by atoms with Gasteiger partial charge in [0.15, 0.2) is 0 Å². The first-order chi connectivity index (χ1) is 13.7. The molecule has 1 amide bonds. The molecule has 32 heavy (non-hydrogen) atoms. The van der Waals surface area contributed by atoms with Gasteiger partial charge in [-0.1, -0.05) is 0 Å². The first kappa shape index (κ1) is 31.3. The van der Waals surface area contributed by atoms with E-state index in [4.69, 9.17) is 5.26 Å². The van der Waals surface area contributed by atoms with Crippen molar-refractivity contribution in [2.24, 2.45) is 0 Å². The van der Waals surface area contributed by atoms with Crippen molar-refractivity contribution < 1.29 is 4.79 Å². The number of nitrogens with one attached hydrogen (secondary N) is 2. The summed E-state index contributed by atoms with van der Waals surface area (Å²) in [6.07, 6.45) is 4.67. The molecule has 3 aliphatic rings. The minimum atomic E-state index is -0.0245. The fourth-order valence-electron chi connectivity index (χ4n) is 4.30. The average molecular weight is 546 g/mol. The van der Waals surface area contributed by atoms with Crippen molar-refractivity contribution in [3.8, 4) is 6.07 Å². The van der Waals surface area contributed by atoms with Gasteiger partial charge in [0.1, 0.15) is 11.9 Å². The maximum Gasteiger partial charge on any atom is 0.239 e. The Morgan fingerprint density at radius 2 is 1.78 bits per heavy atom. The topological polar surface area (TPSA) is 84.3 Å². The fraction of sp³-hybridized carbons (Fsp3) is 0.650. The lowest BCUT2D eigenvalue weighted by Gasteiger charge is -2.34. The molecule has 4 rings (SSSR count). The van der Waals surface area contributed by atoms with Gasteiger partial charge < -0.3 is 20.4 Å². The van der Waals surface area contributed by atoms with Crippen molar-refractivity contribution in [3.05, 3.63) is 23.9 Å². The van der Waals surface area contributed by atoms with E-state index >= 15 is 0 Å². The summed E-state index contributed by atoms with van der Waals surface area (Å²) in [6.45, 7) is 4.58. The highest BCUT2D eigenvalue weighted by Gasteiger charge is 2.34. The summed E-state index contributed by atoms with van der Waals surface area (Å²) in [7, 11) is 0. The predicted octanol–water partition coefficient (Wildman–Crippen LogP) is 2.50. The van der Waals surface area contributed by atoms with E-state index in [0.29, 0.717) is 17.6 Å². The van der Waals surface area contributed by atoms with E-state index < -0.39 is 0 Å². The highest BCUT2D eigenvalue weighted by Crippen LogP contribution is 2.20. The van der Waals surface area contributed by atoms with Gasteiger partial charge in [-0.15, -0.1) is 49.6 Å². The zero-order valence-electron chi connectivity index (χ0n) is 17.8. The van der Waals surface area contributed by atoms with Gasteiger partial charge in [-0.3, -0.25) is 4.79 Å². The van der Waals surface area contributed by atoms with Crippen molar-refractivity contribution in [1.29, 1.82) is 5.26 Å². The Hall–Kier alpha value is -0.660. The molecule has 0 saturated carbocycles. The van der Waals surface area contributed by atoms with Crippen molar-refractivity contribution in [2.45, 2.75) is 37.4 Å². The standard InChI is InChI=1S/C20H28N6OS.4ClH/c21-12-15-1-2-19(23-13-15)25-5-3-16(4-6-25)24-17-11-18(22-14-17)20(27)26-7-9-28-10-8-26;;;;/h1-2,13,16-18,22,24H,3-11,14H2;4*1H/t17-,18-;;;;/m0..../s1. The highest BCUT2D eigenvalue weighted by molar-refractivity contribution is 7.99. The Balaban J connectivity index is 0.00000240. The van der Waals surface area contributed by atoms with Crippen LogP contribution in [-0.2, 0) is 4.79 Å². The van der Waals surface area contributed by atoms with Gasteiger partial charge >= 0.3 is 0 Å². The van der Waals surface area contributed by atoms with Crippen LogP contribution in [0.15, 0.2) is 18.3 Å². The van der Waals surface area contributed by atoms with Crippen LogP contribution in [0.3, 0.4) is 0 Å². The summed E-state index contributed by atoms with van der Waals surface area (Å²) in [4.78, 5) is 21.4. The second-order valence-corrected chi connectivity index (χ2v) is 9.00. The summed E-state index contributed by atoms with van der Waals surface area (Å²) in [5.74, 6) is 3.36. The first-order valence-corrected chi connectivity index (χ1v) is 11.4. The van der Waals surface area contributed by atoms with Gasteiger partial charge in [0.05, 0.1) is 11.6 Å². The molecule has 1 aromatic rings. The quantitative estimate of drug-likeness (QED) is 0.601. The number of hydrogen-bond acceptors (Lipinski definition) is 7. The van der Waals surface area contributed by atoms with E-state index in [9.17, 15) is 4.79 Å². The van der Waals surface area contributed by atoms with Crippen LogP contribution in [-0.4, -0.2) is 78.1 Å². The Morgan fingerprint density at radius 1 is 1.09 bits per heavy atom. The van der Waals surface area contributed by atoms with Crippen LogP contribution in [0.25, 0.3) is 0 Å². The van der Waals surface area contributed by atoms with Crippen LogP contribution >= 0.6 is 61.4 Å². The van der Waals surface area contributed by atoms with Gasteiger partial charge in [-0.2, -0.15) is 17.0 Å². The minimum absolute atomic E-state index is 0. The van der Waals surface area contributed by atoms with Crippen LogP contribution in [0.4, 0.5) is 5.82 Å². The van der Waals surface area contributed by atoms with Gasteiger partial charge in [0.25, 0.3) is 0 Å². The molecule has 1 aromatic heterocycles. The molecule has 12 heteroatoms. The fourth-order valence-corrected chi connectivity index (χ4v) is 5.21. The van der Waals surface area contributed by atoms with Gasteiger partial charge in [0.2, 0.25) is 5.91 Å². The smallest absolute Gasteiger partial charge is 0.239 e. The lowest BCUT2D eigenvalue weighted by molar-refractivity contribution is -0.132. The number of carbonyl (C=O) groups is 1. The molecule has 0 radical (unpaired) electrons. The number of nitrogens with zero attached hydrogens (tertiary/aromatic N) is 4. The number of aromatic nitrogens is 1. The second kappa shape index (κ2) is 15.3. The molecule has 0 aliphatic carbocycles. The zero-order chi connectivity index (χ0) is 19.3. The maximum atomic E-state index is 12.7. The molecule has 2 atom stereocenters. The Morgan fingerprint density at radius 3 is 2.38 bits per heavy atom. The molecule has 0 spiro atoms. The van der Waals surface area contributed by atoms with E-state index in [0.717, 1.165) is 69.3 Å². The molecule has 3 fully saturated rings. The van der Waals surface area contributed by atoms with Gasteiger partial charge in [0, 0.05) is 62.5 Å². The van der Waals surface area contributed by atoms with Crippen molar-refractivity contribution in [2.75, 3.05) is 49.1 Å². The Labute approximate surface area is 219 Å². The number of rotatable bonds is 4. The van der Waals surface area contributed by atoms with Crippen LogP contribution in [0.2, 0.25) is 0 Å². The second-order valence-electron chi connectivity index (χ2n) is 7.78. The van der Waals surface area contributed by atoms with Crippen LogP contribution in [0.5, 0.6) is 0 Å². The normalized spacial score (nSPS) is 23.0. The summed E-state index contributed by atoms with van der Waals surface area (Å²) >= 11 is 1.93. The molecule has 4 heterocycles. The third-order valence-corrected chi connectivity index (χ3v) is 6.86. The van der Waals surface area contributed by atoms with Crippen LogP contribution in [0.1, 0.15) is 24.8 Å². The largest absolute Gasteiger partial charge is 0.357 e. The molecule has 7 nitrogen and oxygen atoms in total. The summed E-state index contributed by atoms with van der Waals surface area (Å²) in [5, 5.41) is 16.1. The van der Waals surface area contributed by atoms with Gasteiger partial charge in [-0.25, -0.2) is 4.98 Å². The van der Waals surface area contributed by atoms with Crippen molar-refractivity contribution in [1.82, 2.24) is 20.5 Å². The number of hydrogen-bond donors (Lipinski definition) is 2. The van der Waals surface area contributed by atoms with E-state index in [1.807, 2.05) is 28.8 Å². The van der Waals surface area contributed by atoms with Crippen LogP contribution in [0, 0.1) is 11.3 Å².